The SMILES string of the molecule is Cn1nccc1-c1cc(NC(=O)COc2ccc3c(c2)OCO3)ccc1OCCN1CCOCC1. The number of hydrogen-bond acceptors (Lipinski definition) is 8. The summed E-state index contributed by atoms with van der Waals surface area (Å²) in [5, 5.41) is 7.17. The molecule has 2 aliphatic heterocycles. The van der Waals surface area contributed by atoms with Crippen molar-refractivity contribution in [3.05, 3.63) is 48.7 Å². The lowest BCUT2D eigenvalue weighted by atomic mass is 10.1. The van der Waals surface area contributed by atoms with E-state index in [4.69, 9.17) is 23.7 Å². The molecule has 2 aromatic carbocycles. The number of ether oxygens (including phenoxy) is 5. The van der Waals surface area contributed by atoms with Crippen molar-refractivity contribution < 1.29 is 28.5 Å². The van der Waals surface area contributed by atoms with Crippen LogP contribution in [0.5, 0.6) is 23.0 Å². The average Bonchev–Trinajstić information content (AvgIpc) is 3.52. The molecule has 2 aliphatic rings. The second-order valence-corrected chi connectivity index (χ2v) is 8.21. The van der Waals surface area contributed by atoms with Gasteiger partial charge < -0.3 is 29.0 Å². The van der Waals surface area contributed by atoms with Gasteiger partial charge in [-0.2, -0.15) is 5.10 Å². The summed E-state index contributed by atoms with van der Waals surface area (Å²) in [5.41, 5.74) is 2.38. The van der Waals surface area contributed by atoms with Crippen LogP contribution in [0.15, 0.2) is 48.7 Å². The van der Waals surface area contributed by atoms with Crippen molar-refractivity contribution in [2.75, 3.05) is 58.2 Å². The fraction of sp³-hybridized carbons (Fsp3) is 0.360. The van der Waals surface area contributed by atoms with Crippen LogP contribution < -0.4 is 24.3 Å². The second-order valence-electron chi connectivity index (χ2n) is 8.21. The number of amides is 1. The van der Waals surface area contributed by atoms with Gasteiger partial charge in [0.1, 0.15) is 18.1 Å². The van der Waals surface area contributed by atoms with Gasteiger partial charge in [-0.05, 0) is 36.4 Å². The minimum atomic E-state index is -0.278. The van der Waals surface area contributed by atoms with Crippen LogP contribution in [0.2, 0.25) is 0 Å². The summed E-state index contributed by atoms with van der Waals surface area (Å²) in [4.78, 5) is 14.9. The number of nitrogens with zero attached hydrogens (tertiary/aromatic N) is 3. The highest BCUT2D eigenvalue weighted by molar-refractivity contribution is 5.93. The topological polar surface area (TPSA) is 96.3 Å². The smallest absolute Gasteiger partial charge is 0.262 e. The van der Waals surface area contributed by atoms with Crippen LogP contribution in [0.1, 0.15) is 0 Å². The number of carbonyl (C=O) groups excluding carboxylic acids is 1. The molecule has 0 spiro atoms. The predicted octanol–water partition coefficient (Wildman–Crippen LogP) is 2.54. The molecule has 3 aromatic rings. The number of aromatic nitrogens is 2. The lowest BCUT2D eigenvalue weighted by Gasteiger charge is -2.26. The van der Waals surface area contributed by atoms with Crippen molar-refractivity contribution in [3.63, 3.8) is 0 Å². The Hall–Kier alpha value is -3.76. The van der Waals surface area contributed by atoms with Crippen LogP contribution in [0.4, 0.5) is 5.69 Å². The third kappa shape index (κ3) is 5.67. The van der Waals surface area contributed by atoms with E-state index in [2.05, 4.69) is 15.3 Å². The molecular weight excluding hydrogens is 452 g/mol. The number of anilines is 1. The lowest BCUT2D eigenvalue weighted by Crippen LogP contribution is -2.38. The predicted molar refractivity (Wildman–Crippen MR) is 128 cm³/mol. The summed E-state index contributed by atoms with van der Waals surface area (Å²) in [5.74, 6) is 2.25. The van der Waals surface area contributed by atoms with Crippen molar-refractivity contribution in [3.8, 4) is 34.3 Å². The molecule has 0 radical (unpaired) electrons. The molecule has 0 atom stereocenters. The first-order valence-corrected chi connectivity index (χ1v) is 11.5. The van der Waals surface area contributed by atoms with Crippen LogP contribution in [0.3, 0.4) is 0 Å². The monoisotopic (exact) mass is 480 g/mol. The number of benzene rings is 2. The van der Waals surface area contributed by atoms with Crippen LogP contribution in [0.25, 0.3) is 11.3 Å². The van der Waals surface area contributed by atoms with Crippen molar-refractivity contribution in [2.24, 2.45) is 7.05 Å². The van der Waals surface area contributed by atoms with Crippen molar-refractivity contribution in [2.45, 2.75) is 0 Å². The molecule has 10 nitrogen and oxygen atoms in total. The largest absolute Gasteiger partial charge is 0.492 e. The van der Waals surface area contributed by atoms with Gasteiger partial charge in [0.2, 0.25) is 6.79 Å². The number of fused-ring (bicyclic) bond motifs is 1. The zero-order chi connectivity index (χ0) is 24.0. The maximum atomic E-state index is 12.6. The molecule has 0 saturated carbocycles. The summed E-state index contributed by atoms with van der Waals surface area (Å²) >= 11 is 0. The van der Waals surface area contributed by atoms with E-state index in [-0.39, 0.29) is 19.3 Å². The average molecular weight is 481 g/mol. The van der Waals surface area contributed by atoms with E-state index in [0.29, 0.717) is 29.5 Å². The molecule has 0 bridgehead atoms. The van der Waals surface area contributed by atoms with Gasteiger partial charge in [-0.3, -0.25) is 14.4 Å². The first-order chi connectivity index (χ1) is 17.2. The molecule has 3 heterocycles. The first kappa shape index (κ1) is 23.0. The molecule has 0 unspecified atom stereocenters. The Kier molecular flexibility index (Phi) is 7.01. The fourth-order valence-corrected chi connectivity index (χ4v) is 3.99. The quantitative estimate of drug-likeness (QED) is 0.499. The summed E-state index contributed by atoms with van der Waals surface area (Å²) in [6.45, 7) is 4.77. The van der Waals surface area contributed by atoms with Crippen LogP contribution in [0, 0.1) is 0 Å². The standard InChI is InChI=1S/C25H28N4O6/c1-28-21(6-7-26-28)20-14-18(2-4-22(20)32-13-10-29-8-11-31-12-9-29)27-25(30)16-33-19-3-5-23-24(15-19)35-17-34-23/h2-7,14-15H,8-13,16-17H2,1H3,(H,27,30). The number of rotatable bonds is 9. The molecule has 184 valence electrons. The van der Waals surface area contributed by atoms with E-state index >= 15 is 0 Å². The van der Waals surface area contributed by atoms with E-state index in [1.54, 1.807) is 29.1 Å². The highest BCUT2D eigenvalue weighted by atomic mass is 16.7. The van der Waals surface area contributed by atoms with Crippen LogP contribution in [-0.4, -0.2) is 73.4 Å². The first-order valence-electron chi connectivity index (χ1n) is 11.5. The minimum Gasteiger partial charge on any atom is -0.492 e. The number of carbonyl (C=O) groups is 1. The highest BCUT2D eigenvalue weighted by Gasteiger charge is 2.16. The van der Waals surface area contributed by atoms with E-state index in [0.717, 1.165) is 49.9 Å². The van der Waals surface area contributed by atoms with Crippen molar-refractivity contribution >= 4 is 11.6 Å². The van der Waals surface area contributed by atoms with Gasteiger partial charge in [0, 0.05) is 50.2 Å². The molecule has 1 aromatic heterocycles. The third-order valence-electron chi connectivity index (χ3n) is 5.84. The Bertz CT molecular complexity index is 1170. The molecule has 5 rings (SSSR count). The van der Waals surface area contributed by atoms with Gasteiger partial charge in [-0.1, -0.05) is 0 Å². The zero-order valence-corrected chi connectivity index (χ0v) is 19.6. The van der Waals surface area contributed by atoms with Crippen LogP contribution in [-0.2, 0) is 16.6 Å². The third-order valence-corrected chi connectivity index (χ3v) is 5.84. The second kappa shape index (κ2) is 10.7. The lowest BCUT2D eigenvalue weighted by molar-refractivity contribution is -0.118. The van der Waals surface area contributed by atoms with Gasteiger partial charge in [-0.15, -0.1) is 0 Å². The number of hydrogen-bond donors (Lipinski definition) is 1. The Morgan fingerprint density at radius 2 is 1.91 bits per heavy atom. The minimum absolute atomic E-state index is 0.140. The normalized spacial score (nSPS) is 15.1. The van der Waals surface area contributed by atoms with E-state index < -0.39 is 0 Å². The fourth-order valence-electron chi connectivity index (χ4n) is 3.99. The van der Waals surface area contributed by atoms with E-state index in [1.165, 1.54) is 0 Å². The van der Waals surface area contributed by atoms with Gasteiger partial charge in [0.25, 0.3) is 5.91 Å². The molecule has 35 heavy (non-hydrogen) atoms. The maximum absolute atomic E-state index is 12.6. The van der Waals surface area contributed by atoms with Crippen LogP contribution >= 0.6 is 0 Å². The van der Waals surface area contributed by atoms with E-state index in [1.807, 2.05) is 31.3 Å². The highest BCUT2D eigenvalue weighted by Crippen LogP contribution is 2.35. The molecule has 1 amide bonds. The molecular formula is C25H28N4O6. The molecule has 1 N–H and O–H groups in total. The Labute approximate surface area is 203 Å². The summed E-state index contributed by atoms with van der Waals surface area (Å²) in [6, 6.07) is 12.7. The van der Waals surface area contributed by atoms with Crippen molar-refractivity contribution in [1.82, 2.24) is 14.7 Å². The summed E-state index contributed by atoms with van der Waals surface area (Å²) < 4.78 is 29.6. The Balaban J connectivity index is 1.23. The number of nitrogens with one attached hydrogen (secondary N) is 1. The summed E-state index contributed by atoms with van der Waals surface area (Å²) in [7, 11) is 1.87. The molecule has 0 aliphatic carbocycles. The number of morpholine rings is 1. The van der Waals surface area contributed by atoms with Gasteiger partial charge in [0.05, 0.1) is 18.9 Å². The Morgan fingerprint density at radius 1 is 1.06 bits per heavy atom. The van der Waals surface area contributed by atoms with E-state index in [9.17, 15) is 4.79 Å². The van der Waals surface area contributed by atoms with Gasteiger partial charge >= 0.3 is 0 Å². The maximum Gasteiger partial charge on any atom is 0.262 e. The molecule has 10 heteroatoms. The Morgan fingerprint density at radius 3 is 2.74 bits per heavy atom. The van der Waals surface area contributed by atoms with Gasteiger partial charge in [0.15, 0.2) is 18.1 Å². The number of aryl methyl sites for hydroxylation is 1. The zero-order valence-electron chi connectivity index (χ0n) is 19.6. The van der Waals surface area contributed by atoms with Gasteiger partial charge in [-0.25, -0.2) is 0 Å². The molecule has 1 saturated heterocycles. The van der Waals surface area contributed by atoms with Crippen molar-refractivity contribution in [1.29, 1.82) is 0 Å². The molecule has 1 fully saturated rings. The summed E-state index contributed by atoms with van der Waals surface area (Å²) in [6.07, 6.45) is 1.73.